The maximum Gasteiger partial charge on any atom is 0.133 e. The van der Waals surface area contributed by atoms with Crippen molar-refractivity contribution in [3.05, 3.63) is 18.1 Å². The second-order valence-corrected chi connectivity index (χ2v) is 3.13. The summed E-state index contributed by atoms with van der Waals surface area (Å²) < 4.78 is 0. The quantitative estimate of drug-likeness (QED) is 0.702. The molecule has 0 atom stereocenters. The fourth-order valence-electron chi connectivity index (χ4n) is 1.15. The minimum absolute atomic E-state index is 0.515. The van der Waals surface area contributed by atoms with E-state index >= 15 is 0 Å². The first-order valence-electron chi connectivity index (χ1n) is 4.40. The van der Waals surface area contributed by atoms with Crippen molar-refractivity contribution in [3.8, 4) is 12.3 Å². The monoisotopic (exact) mass is 173 g/mol. The molecule has 0 aromatic carbocycles. The average Bonchev–Trinajstić information content (AvgIpc) is 2.98. The molecule has 3 heteroatoms. The van der Waals surface area contributed by atoms with E-state index in [-0.39, 0.29) is 0 Å². The van der Waals surface area contributed by atoms with Crippen LogP contribution in [-0.2, 0) is 0 Å². The van der Waals surface area contributed by atoms with Crippen LogP contribution in [0.1, 0.15) is 24.6 Å². The summed E-state index contributed by atoms with van der Waals surface area (Å²) in [5.41, 5.74) is 0. The van der Waals surface area contributed by atoms with Crippen molar-refractivity contribution in [1.29, 1.82) is 0 Å². The number of hydrogen-bond acceptors (Lipinski definition) is 3. The highest BCUT2D eigenvalue weighted by molar-refractivity contribution is 5.35. The van der Waals surface area contributed by atoms with Crippen LogP contribution in [-0.4, -0.2) is 16.5 Å². The normalized spacial score (nSPS) is 15.0. The van der Waals surface area contributed by atoms with Crippen molar-refractivity contribution in [2.24, 2.45) is 0 Å². The number of terminal acetylenes is 1. The zero-order chi connectivity index (χ0) is 9.10. The van der Waals surface area contributed by atoms with Crippen LogP contribution in [0.5, 0.6) is 0 Å². The summed E-state index contributed by atoms with van der Waals surface area (Å²) in [5.74, 6) is 4.87. The van der Waals surface area contributed by atoms with Gasteiger partial charge in [-0.1, -0.05) is 5.92 Å². The van der Waals surface area contributed by atoms with Gasteiger partial charge in [0, 0.05) is 12.1 Å². The van der Waals surface area contributed by atoms with Gasteiger partial charge in [0.2, 0.25) is 0 Å². The molecule has 1 heterocycles. The molecule has 1 N–H and O–H groups in total. The van der Waals surface area contributed by atoms with E-state index in [4.69, 9.17) is 6.42 Å². The molecule has 1 aromatic rings. The molecule has 1 saturated carbocycles. The van der Waals surface area contributed by atoms with Gasteiger partial charge in [-0.25, -0.2) is 9.97 Å². The molecule has 1 aliphatic rings. The van der Waals surface area contributed by atoms with E-state index in [2.05, 4.69) is 21.2 Å². The summed E-state index contributed by atoms with van der Waals surface area (Å²) in [6.07, 6.45) is 9.35. The van der Waals surface area contributed by atoms with E-state index in [1.807, 2.05) is 6.07 Å². The first-order chi connectivity index (χ1) is 6.40. The van der Waals surface area contributed by atoms with E-state index in [0.717, 1.165) is 11.6 Å². The van der Waals surface area contributed by atoms with Crippen molar-refractivity contribution >= 4 is 5.82 Å². The third kappa shape index (κ3) is 1.97. The number of aromatic nitrogens is 2. The average molecular weight is 173 g/mol. The molecule has 0 bridgehead atoms. The Morgan fingerprint density at radius 1 is 1.62 bits per heavy atom. The van der Waals surface area contributed by atoms with Crippen molar-refractivity contribution in [2.75, 3.05) is 11.9 Å². The Balaban J connectivity index is 2.08. The summed E-state index contributed by atoms with van der Waals surface area (Å²) in [6.45, 7) is 0.515. The SMILES string of the molecule is C#CCNc1ccnc(C2CC2)n1. The number of anilines is 1. The fourth-order valence-corrected chi connectivity index (χ4v) is 1.15. The van der Waals surface area contributed by atoms with Crippen molar-refractivity contribution < 1.29 is 0 Å². The van der Waals surface area contributed by atoms with Crippen LogP contribution in [0, 0.1) is 12.3 Å². The Bertz CT molecular complexity index is 336. The molecule has 66 valence electrons. The van der Waals surface area contributed by atoms with Crippen molar-refractivity contribution in [1.82, 2.24) is 9.97 Å². The molecule has 0 saturated heterocycles. The van der Waals surface area contributed by atoms with Gasteiger partial charge in [0.05, 0.1) is 6.54 Å². The first kappa shape index (κ1) is 8.06. The zero-order valence-corrected chi connectivity index (χ0v) is 7.33. The van der Waals surface area contributed by atoms with E-state index in [0.29, 0.717) is 12.5 Å². The largest absolute Gasteiger partial charge is 0.359 e. The third-order valence-electron chi connectivity index (χ3n) is 1.99. The maximum atomic E-state index is 5.13. The van der Waals surface area contributed by atoms with E-state index in [1.165, 1.54) is 12.8 Å². The molecule has 1 aromatic heterocycles. The lowest BCUT2D eigenvalue weighted by atomic mass is 10.4. The standard InChI is InChI=1S/C10H11N3/c1-2-6-11-9-5-7-12-10(13-9)8-3-4-8/h1,5,7-8H,3-4,6H2,(H,11,12,13). The molecule has 0 spiro atoms. The van der Waals surface area contributed by atoms with Gasteiger partial charge >= 0.3 is 0 Å². The summed E-state index contributed by atoms with van der Waals surface area (Å²) in [6, 6.07) is 1.84. The van der Waals surface area contributed by atoms with E-state index in [9.17, 15) is 0 Å². The highest BCUT2D eigenvalue weighted by atomic mass is 15.0. The molecule has 2 rings (SSSR count). The summed E-state index contributed by atoms with van der Waals surface area (Å²) in [4.78, 5) is 8.56. The first-order valence-corrected chi connectivity index (χ1v) is 4.40. The molecule has 3 nitrogen and oxygen atoms in total. The highest BCUT2D eigenvalue weighted by Gasteiger charge is 2.26. The third-order valence-corrected chi connectivity index (χ3v) is 1.99. The summed E-state index contributed by atoms with van der Waals surface area (Å²) in [5, 5.41) is 3.03. The highest BCUT2D eigenvalue weighted by Crippen LogP contribution is 2.37. The Hall–Kier alpha value is -1.56. The van der Waals surface area contributed by atoms with Crippen LogP contribution >= 0.6 is 0 Å². The topological polar surface area (TPSA) is 37.8 Å². The summed E-state index contributed by atoms with van der Waals surface area (Å²) >= 11 is 0. The zero-order valence-electron chi connectivity index (χ0n) is 7.33. The van der Waals surface area contributed by atoms with Gasteiger partial charge in [0.15, 0.2) is 0 Å². The Morgan fingerprint density at radius 2 is 2.46 bits per heavy atom. The van der Waals surface area contributed by atoms with Gasteiger partial charge in [-0.2, -0.15) is 0 Å². The Kier molecular flexibility index (Phi) is 2.13. The number of rotatable bonds is 3. The van der Waals surface area contributed by atoms with E-state index < -0.39 is 0 Å². The Labute approximate surface area is 77.6 Å². The van der Waals surface area contributed by atoms with Gasteiger partial charge in [-0.05, 0) is 18.9 Å². The molecule has 0 unspecified atom stereocenters. The maximum absolute atomic E-state index is 5.13. The number of hydrogen-bond donors (Lipinski definition) is 1. The lowest BCUT2D eigenvalue weighted by Gasteiger charge is -2.02. The second-order valence-electron chi connectivity index (χ2n) is 3.13. The fraction of sp³-hybridized carbons (Fsp3) is 0.400. The van der Waals surface area contributed by atoms with Gasteiger partial charge in [-0.15, -0.1) is 6.42 Å². The number of nitrogens with zero attached hydrogens (tertiary/aromatic N) is 2. The Morgan fingerprint density at radius 3 is 3.15 bits per heavy atom. The van der Waals surface area contributed by atoms with Crippen LogP contribution < -0.4 is 5.32 Å². The second kappa shape index (κ2) is 3.44. The van der Waals surface area contributed by atoms with Gasteiger partial charge in [-0.3, -0.25) is 0 Å². The number of nitrogens with one attached hydrogen (secondary N) is 1. The molecule has 0 amide bonds. The molecular formula is C10H11N3. The lowest BCUT2D eigenvalue weighted by Crippen LogP contribution is -2.03. The van der Waals surface area contributed by atoms with Crippen molar-refractivity contribution in [3.63, 3.8) is 0 Å². The smallest absolute Gasteiger partial charge is 0.133 e. The van der Waals surface area contributed by atoms with Crippen LogP contribution in [0.25, 0.3) is 0 Å². The molecule has 0 radical (unpaired) electrons. The molecular weight excluding hydrogens is 162 g/mol. The van der Waals surface area contributed by atoms with Gasteiger partial charge in [0.1, 0.15) is 11.6 Å². The van der Waals surface area contributed by atoms with Crippen LogP contribution in [0.4, 0.5) is 5.82 Å². The van der Waals surface area contributed by atoms with E-state index in [1.54, 1.807) is 6.20 Å². The molecule has 1 fully saturated rings. The van der Waals surface area contributed by atoms with Crippen LogP contribution in [0.15, 0.2) is 12.3 Å². The lowest BCUT2D eigenvalue weighted by molar-refractivity contribution is 0.927. The van der Waals surface area contributed by atoms with Gasteiger partial charge < -0.3 is 5.32 Å². The predicted octanol–water partition coefficient (Wildman–Crippen LogP) is 1.40. The minimum Gasteiger partial charge on any atom is -0.359 e. The van der Waals surface area contributed by atoms with Crippen LogP contribution in [0.3, 0.4) is 0 Å². The van der Waals surface area contributed by atoms with Gasteiger partial charge in [0.25, 0.3) is 0 Å². The molecule has 1 aliphatic carbocycles. The summed E-state index contributed by atoms with van der Waals surface area (Å²) in [7, 11) is 0. The predicted molar refractivity (Wildman–Crippen MR) is 51.3 cm³/mol. The van der Waals surface area contributed by atoms with Crippen molar-refractivity contribution in [2.45, 2.75) is 18.8 Å². The molecule has 13 heavy (non-hydrogen) atoms. The minimum atomic E-state index is 0.515. The van der Waals surface area contributed by atoms with Crippen LogP contribution in [0.2, 0.25) is 0 Å². The molecule has 0 aliphatic heterocycles.